The SMILES string of the molecule is CCCn1ccc2cc(NC(=O)Cc3csc(NC(=O)c4ccoc4C)n3)ccc21. The Balaban J connectivity index is 1.37. The summed E-state index contributed by atoms with van der Waals surface area (Å²) in [5, 5.41) is 8.96. The Bertz CT molecular complexity index is 1200. The van der Waals surface area contributed by atoms with Gasteiger partial charge in [0.1, 0.15) is 5.76 Å². The molecule has 0 unspecified atom stereocenters. The van der Waals surface area contributed by atoms with Crippen LogP contribution >= 0.6 is 11.3 Å². The van der Waals surface area contributed by atoms with Gasteiger partial charge >= 0.3 is 0 Å². The van der Waals surface area contributed by atoms with Gasteiger partial charge in [-0.05, 0) is 43.7 Å². The number of benzene rings is 1. The third-order valence-electron chi connectivity index (χ3n) is 4.74. The molecule has 4 rings (SSSR count). The average molecular weight is 423 g/mol. The van der Waals surface area contributed by atoms with Gasteiger partial charge in [0, 0.05) is 34.7 Å². The zero-order chi connectivity index (χ0) is 21.1. The summed E-state index contributed by atoms with van der Waals surface area (Å²) in [6, 6.07) is 9.57. The van der Waals surface area contributed by atoms with Crippen LogP contribution in [0.5, 0.6) is 0 Å². The summed E-state index contributed by atoms with van der Waals surface area (Å²) < 4.78 is 7.35. The summed E-state index contributed by atoms with van der Waals surface area (Å²) in [4.78, 5) is 29.0. The lowest BCUT2D eigenvalue weighted by molar-refractivity contribution is -0.115. The zero-order valence-corrected chi connectivity index (χ0v) is 17.6. The molecular formula is C22H22N4O3S. The Morgan fingerprint density at radius 1 is 1.20 bits per heavy atom. The second-order valence-electron chi connectivity index (χ2n) is 7.00. The molecule has 0 saturated heterocycles. The van der Waals surface area contributed by atoms with Crippen LogP contribution in [0.2, 0.25) is 0 Å². The second-order valence-corrected chi connectivity index (χ2v) is 7.85. The molecule has 3 aromatic heterocycles. The van der Waals surface area contributed by atoms with Crippen molar-refractivity contribution in [2.75, 3.05) is 10.6 Å². The van der Waals surface area contributed by atoms with E-state index in [2.05, 4.69) is 39.4 Å². The first-order valence-corrected chi connectivity index (χ1v) is 10.6. The molecule has 0 radical (unpaired) electrons. The van der Waals surface area contributed by atoms with Crippen molar-refractivity contribution >= 4 is 44.9 Å². The Morgan fingerprint density at radius 3 is 2.83 bits per heavy atom. The molecule has 4 aromatic rings. The topological polar surface area (TPSA) is 89.2 Å². The van der Waals surface area contributed by atoms with Crippen molar-refractivity contribution in [1.82, 2.24) is 9.55 Å². The quantitative estimate of drug-likeness (QED) is 0.446. The van der Waals surface area contributed by atoms with E-state index >= 15 is 0 Å². The van der Waals surface area contributed by atoms with Crippen LogP contribution in [0.4, 0.5) is 10.8 Å². The molecule has 0 aliphatic rings. The number of carbonyl (C=O) groups excluding carboxylic acids is 2. The number of fused-ring (bicyclic) bond motifs is 1. The third kappa shape index (κ3) is 4.28. The van der Waals surface area contributed by atoms with Crippen LogP contribution in [0, 0.1) is 6.92 Å². The van der Waals surface area contributed by atoms with E-state index in [1.54, 1.807) is 18.4 Å². The van der Waals surface area contributed by atoms with Gasteiger partial charge in [0.25, 0.3) is 5.91 Å². The number of carbonyl (C=O) groups is 2. The molecule has 154 valence electrons. The summed E-state index contributed by atoms with van der Waals surface area (Å²) in [6.07, 6.45) is 4.74. The fourth-order valence-electron chi connectivity index (χ4n) is 3.31. The highest BCUT2D eigenvalue weighted by Crippen LogP contribution is 2.22. The monoisotopic (exact) mass is 422 g/mol. The predicted molar refractivity (Wildman–Crippen MR) is 118 cm³/mol. The van der Waals surface area contributed by atoms with Crippen LogP contribution in [0.25, 0.3) is 10.9 Å². The van der Waals surface area contributed by atoms with Gasteiger partial charge in [0.15, 0.2) is 5.13 Å². The number of hydrogen-bond acceptors (Lipinski definition) is 5. The second kappa shape index (κ2) is 8.54. The maximum absolute atomic E-state index is 12.4. The minimum Gasteiger partial charge on any atom is -0.469 e. The highest BCUT2D eigenvalue weighted by atomic mass is 32.1. The number of hydrogen-bond donors (Lipinski definition) is 2. The maximum atomic E-state index is 12.4. The molecule has 3 heterocycles. The molecule has 8 heteroatoms. The number of amides is 2. The van der Waals surface area contributed by atoms with E-state index in [0.717, 1.165) is 29.6 Å². The normalized spacial score (nSPS) is 11.0. The van der Waals surface area contributed by atoms with Crippen molar-refractivity contribution in [3.8, 4) is 0 Å². The summed E-state index contributed by atoms with van der Waals surface area (Å²) in [6.45, 7) is 4.84. The van der Waals surface area contributed by atoms with E-state index in [9.17, 15) is 9.59 Å². The number of aryl methyl sites for hydroxylation is 2. The van der Waals surface area contributed by atoms with Crippen LogP contribution in [0.15, 0.2) is 52.6 Å². The summed E-state index contributed by atoms with van der Waals surface area (Å²) >= 11 is 1.28. The molecule has 0 aliphatic heterocycles. The molecule has 2 amide bonds. The average Bonchev–Trinajstić information content (AvgIpc) is 3.43. The van der Waals surface area contributed by atoms with Gasteiger partial charge < -0.3 is 14.3 Å². The lowest BCUT2D eigenvalue weighted by Gasteiger charge is -2.06. The molecule has 30 heavy (non-hydrogen) atoms. The van der Waals surface area contributed by atoms with Crippen molar-refractivity contribution < 1.29 is 14.0 Å². The van der Waals surface area contributed by atoms with E-state index in [1.807, 2.05) is 18.2 Å². The fourth-order valence-corrected chi connectivity index (χ4v) is 4.02. The third-order valence-corrected chi connectivity index (χ3v) is 5.54. The van der Waals surface area contributed by atoms with Gasteiger partial charge in [-0.25, -0.2) is 4.98 Å². The van der Waals surface area contributed by atoms with E-state index in [-0.39, 0.29) is 18.2 Å². The molecule has 0 saturated carbocycles. The molecule has 7 nitrogen and oxygen atoms in total. The van der Waals surface area contributed by atoms with Crippen molar-refractivity contribution in [3.05, 3.63) is 65.2 Å². The lowest BCUT2D eigenvalue weighted by Crippen LogP contribution is -2.15. The number of thiazole rings is 1. The van der Waals surface area contributed by atoms with Crippen LogP contribution < -0.4 is 10.6 Å². The van der Waals surface area contributed by atoms with Crippen LogP contribution in [0.1, 0.15) is 35.2 Å². The van der Waals surface area contributed by atoms with E-state index < -0.39 is 0 Å². The number of anilines is 2. The smallest absolute Gasteiger partial charge is 0.260 e. The number of furan rings is 1. The Morgan fingerprint density at radius 2 is 2.07 bits per heavy atom. The minimum atomic E-state index is -0.282. The predicted octanol–water partition coefficient (Wildman–Crippen LogP) is 4.84. The number of aromatic nitrogens is 2. The molecule has 0 spiro atoms. The lowest BCUT2D eigenvalue weighted by atomic mass is 10.2. The van der Waals surface area contributed by atoms with E-state index in [0.29, 0.717) is 22.1 Å². The van der Waals surface area contributed by atoms with Crippen LogP contribution in [-0.4, -0.2) is 21.4 Å². The number of nitrogens with zero attached hydrogens (tertiary/aromatic N) is 2. The maximum Gasteiger partial charge on any atom is 0.260 e. The van der Waals surface area contributed by atoms with Crippen molar-refractivity contribution in [2.45, 2.75) is 33.2 Å². The molecule has 0 aliphatic carbocycles. The molecule has 0 fully saturated rings. The van der Waals surface area contributed by atoms with Crippen molar-refractivity contribution in [1.29, 1.82) is 0 Å². The molecule has 0 bridgehead atoms. The van der Waals surface area contributed by atoms with Crippen molar-refractivity contribution in [2.24, 2.45) is 0 Å². The fraction of sp³-hybridized carbons (Fsp3) is 0.227. The molecule has 0 atom stereocenters. The van der Waals surface area contributed by atoms with E-state index in [1.165, 1.54) is 17.6 Å². The van der Waals surface area contributed by atoms with Gasteiger partial charge in [0.05, 0.1) is 23.9 Å². The summed E-state index contributed by atoms with van der Waals surface area (Å²) in [7, 11) is 0. The van der Waals surface area contributed by atoms with Crippen LogP contribution in [-0.2, 0) is 17.8 Å². The number of nitrogens with one attached hydrogen (secondary N) is 2. The standard InChI is InChI=1S/C22H22N4O3S/c1-3-8-26-9-6-15-11-16(4-5-19(15)26)23-20(27)12-17-13-30-22(24-17)25-21(28)18-7-10-29-14(18)2/h4-7,9-11,13H,3,8,12H2,1-2H3,(H,23,27)(H,24,25,28). The molecule has 1 aromatic carbocycles. The van der Waals surface area contributed by atoms with Crippen LogP contribution in [0.3, 0.4) is 0 Å². The Kier molecular flexibility index (Phi) is 5.67. The Hall–Kier alpha value is -3.39. The van der Waals surface area contributed by atoms with Gasteiger partial charge in [0.2, 0.25) is 5.91 Å². The van der Waals surface area contributed by atoms with Gasteiger partial charge in [-0.1, -0.05) is 6.92 Å². The first-order valence-electron chi connectivity index (χ1n) is 9.72. The van der Waals surface area contributed by atoms with E-state index in [4.69, 9.17) is 4.42 Å². The Labute approximate surface area is 177 Å². The minimum absolute atomic E-state index is 0.131. The largest absolute Gasteiger partial charge is 0.469 e. The first-order chi connectivity index (χ1) is 14.5. The zero-order valence-electron chi connectivity index (χ0n) is 16.8. The number of rotatable bonds is 7. The first kappa shape index (κ1) is 19.9. The molecule has 2 N–H and O–H groups in total. The van der Waals surface area contributed by atoms with Gasteiger partial charge in [-0.2, -0.15) is 0 Å². The van der Waals surface area contributed by atoms with Gasteiger partial charge in [-0.3, -0.25) is 14.9 Å². The highest BCUT2D eigenvalue weighted by molar-refractivity contribution is 7.14. The summed E-state index contributed by atoms with van der Waals surface area (Å²) in [5.74, 6) is 0.108. The summed E-state index contributed by atoms with van der Waals surface area (Å²) in [5.41, 5.74) is 2.98. The highest BCUT2D eigenvalue weighted by Gasteiger charge is 2.14. The van der Waals surface area contributed by atoms with Crippen molar-refractivity contribution in [3.63, 3.8) is 0 Å². The van der Waals surface area contributed by atoms with Gasteiger partial charge in [-0.15, -0.1) is 11.3 Å². The molecular weight excluding hydrogens is 400 g/mol.